The zero-order chi connectivity index (χ0) is 12.4. The number of aryl methyl sites for hydroxylation is 2. The Morgan fingerprint density at radius 2 is 2.29 bits per heavy atom. The number of amides is 1. The Morgan fingerprint density at radius 1 is 1.53 bits per heavy atom. The van der Waals surface area contributed by atoms with Crippen molar-refractivity contribution in [1.29, 1.82) is 0 Å². The predicted molar refractivity (Wildman–Crippen MR) is 62.7 cm³/mol. The lowest BCUT2D eigenvalue weighted by Gasteiger charge is -2.11. The molecule has 0 aliphatic carbocycles. The first-order valence-corrected chi connectivity index (χ1v) is 5.44. The van der Waals surface area contributed by atoms with E-state index < -0.39 is 0 Å². The van der Waals surface area contributed by atoms with Gasteiger partial charge in [-0.3, -0.25) is 9.89 Å². The second-order valence-electron chi connectivity index (χ2n) is 4.05. The number of nitrogens with one attached hydrogen (secondary N) is 2. The third-order valence-corrected chi connectivity index (χ3v) is 2.65. The van der Waals surface area contributed by atoms with E-state index in [4.69, 9.17) is 4.42 Å². The van der Waals surface area contributed by atoms with E-state index in [1.165, 1.54) is 0 Å². The molecule has 2 aromatic heterocycles. The lowest BCUT2D eigenvalue weighted by atomic mass is 10.1. The fourth-order valence-corrected chi connectivity index (χ4v) is 1.71. The zero-order valence-electron chi connectivity index (χ0n) is 10.1. The van der Waals surface area contributed by atoms with Crippen LogP contribution in [0.15, 0.2) is 22.9 Å². The first kappa shape index (κ1) is 11.4. The summed E-state index contributed by atoms with van der Waals surface area (Å²) < 4.78 is 5.33. The van der Waals surface area contributed by atoms with Crippen molar-refractivity contribution in [3.05, 3.63) is 41.1 Å². The highest BCUT2D eigenvalue weighted by molar-refractivity contribution is 5.95. The summed E-state index contributed by atoms with van der Waals surface area (Å²) in [4.78, 5) is 12.0. The third kappa shape index (κ3) is 2.38. The van der Waals surface area contributed by atoms with E-state index in [0.717, 1.165) is 11.3 Å². The van der Waals surface area contributed by atoms with Crippen LogP contribution >= 0.6 is 0 Å². The molecular weight excluding hydrogens is 218 g/mol. The molecular formula is C12H15N3O2. The van der Waals surface area contributed by atoms with Crippen molar-refractivity contribution in [3.63, 3.8) is 0 Å². The van der Waals surface area contributed by atoms with Gasteiger partial charge in [0.15, 0.2) is 0 Å². The van der Waals surface area contributed by atoms with E-state index in [0.29, 0.717) is 11.3 Å². The number of aromatic nitrogens is 2. The second-order valence-corrected chi connectivity index (χ2v) is 4.05. The number of hydrogen-bond acceptors (Lipinski definition) is 3. The van der Waals surface area contributed by atoms with Crippen LogP contribution in [0.4, 0.5) is 0 Å². The van der Waals surface area contributed by atoms with E-state index in [-0.39, 0.29) is 11.9 Å². The molecule has 1 unspecified atom stereocenters. The largest absolute Gasteiger partial charge is 0.466 e. The van der Waals surface area contributed by atoms with Crippen molar-refractivity contribution in [2.45, 2.75) is 26.8 Å². The highest BCUT2D eigenvalue weighted by atomic mass is 16.3. The molecule has 0 saturated carbocycles. The minimum absolute atomic E-state index is 0.0872. The van der Waals surface area contributed by atoms with Gasteiger partial charge in [0.2, 0.25) is 0 Å². The van der Waals surface area contributed by atoms with Gasteiger partial charge in [-0.1, -0.05) is 0 Å². The van der Waals surface area contributed by atoms with Crippen LogP contribution in [0.25, 0.3) is 0 Å². The lowest BCUT2D eigenvalue weighted by molar-refractivity contribution is 0.0938. The fraction of sp³-hybridized carbons (Fsp3) is 0.333. The quantitative estimate of drug-likeness (QED) is 0.852. The number of nitrogens with zero attached hydrogens (tertiary/aromatic N) is 1. The van der Waals surface area contributed by atoms with Crippen LogP contribution in [-0.4, -0.2) is 16.1 Å². The molecule has 0 spiro atoms. The smallest absolute Gasteiger partial charge is 0.255 e. The summed E-state index contributed by atoms with van der Waals surface area (Å²) in [6.07, 6.45) is 3.46. The highest BCUT2D eigenvalue weighted by Crippen LogP contribution is 2.16. The first-order valence-electron chi connectivity index (χ1n) is 5.44. The molecule has 0 aromatic carbocycles. The SMILES string of the molecule is Cc1cc(C(=O)NC(C)c2cn[nH]c2)c(C)o1. The maximum absolute atomic E-state index is 12.0. The number of carbonyl (C=O) groups is 1. The Balaban J connectivity index is 2.09. The van der Waals surface area contributed by atoms with Gasteiger partial charge in [0.25, 0.3) is 5.91 Å². The summed E-state index contributed by atoms with van der Waals surface area (Å²) >= 11 is 0. The minimum atomic E-state index is -0.131. The van der Waals surface area contributed by atoms with Gasteiger partial charge in [-0.25, -0.2) is 0 Å². The van der Waals surface area contributed by atoms with Crippen LogP contribution in [0.1, 0.15) is 40.4 Å². The monoisotopic (exact) mass is 233 g/mol. The molecule has 0 aliphatic rings. The molecule has 5 nitrogen and oxygen atoms in total. The Bertz CT molecular complexity index is 514. The molecule has 1 atom stereocenters. The van der Waals surface area contributed by atoms with E-state index >= 15 is 0 Å². The summed E-state index contributed by atoms with van der Waals surface area (Å²) in [6, 6.07) is 1.66. The number of hydrogen-bond donors (Lipinski definition) is 2. The number of furan rings is 1. The highest BCUT2D eigenvalue weighted by Gasteiger charge is 2.16. The van der Waals surface area contributed by atoms with Crippen LogP contribution < -0.4 is 5.32 Å². The zero-order valence-corrected chi connectivity index (χ0v) is 10.1. The van der Waals surface area contributed by atoms with Gasteiger partial charge in [-0.05, 0) is 26.8 Å². The van der Waals surface area contributed by atoms with Crippen molar-refractivity contribution < 1.29 is 9.21 Å². The number of rotatable bonds is 3. The molecule has 2 N–H and O–H groups in total. The molecule has 0 radical (unpaired) electrons. The summed E-state index contributed by atoms with van der Waals surface area (Å²) in [5.41, 5.74) is 1.52. The molecule has 17 heavy (non-hydrogen) atoms. The maximum Gasteiger partial charge on any atom is 0.255 e. The Kier molecular flexibility index (Phi) is 2.99. The Morgan fingerprint density at radius 3 is 2.82 bits per heavy atom. The summed E-state index contributed by atoms with van der Waals surface area (Å²) in [6.45, 7) is 5.51. The van der Waals surface area contributed by atoms with Crippen LogP contribution in [0.5, 0.6) is 0 Å². The molecule has 90 valence electrons. The number of H-pyrrole nitrogens is 1. The van der Waals surface area contributed by atoms with Gasteiger partial charge in [0.1, 0.15) is 11.5 Å². The fourth-order valence-electron chi connectivity index (χ4n) is 1.71. The summed E-state index contributed by atoms with van der Waals surface area (Å²) in [5, 5.41) is 9.46. The Labute approximate surface area is 99.2 Å². The number of aromatic amines is 1. The molecule has 2 rings (SSSR count). The normalized spacial score (nSPS) is 12.4. The first-order chi connectivity index (χ1) is 8.08. The Hall–Kier alpha value is -2.04. The summed E-state index contributed by atoms with van der Waals surface area (Å²) in [5.74, 6) is 1.25. The van der Waals surface area contributed by atoms with Crippen LogP contribution in [0, 0.1) is 13.8 Å². The molecule has 1 amide bonds. The van der Waals surface area contributed by atoms with Crippen molar-refractivity contribution in [1.82, 2.24) is 15.5 Å². The van der Waals surface area contributed by atoms with Crippen molar-refractivity contribution in [3.8, 4) is 0 Å². The predicted octanol–water partition coefficient (Wildman–Crippen LogP) is 2.11. The average Bonchev–Trinajstić information content (AvgIpc) is 2.87. The van der Waals surface area contributed by atoms with E-state index in [1.807, 2.05) is 13.8 Å². The average molecular weight is 233 g/mol. The minimum Gasteiger partial charge on any atom is -0.466 e. The summed E-state index contributed by atoms with van der Waals surface area (Å²) in [7, 11) is 0. The van der Waals surface area contributed by atoms with Crippen LogP contribution in [0.3, 0.4) is 0 Å². The topological polar surface area (TPSA) is 70.9 Å². The molecule has 0 fully saturated rings. The second kappa shape index (κ2) is 4.45. The van der Waals surface area contributed by atoms with Crippen molar-refractivity contribution in [2.24, 2.45) is 0 Å². The maximum atomic E-state index is 12.0. The van der Waals surface area contributed by atoms with E-state index in [9.17, 15) is 4.79 Å². The standard InChI is InChI=1S/C12H15N3O2/c1-7-4-11(9(3)17-7)12(16)15-8(2)10-5-13-14-6-10/h4-6,8H,1-3H3,(H,13,14)(H,15,16). The van der Waals surface area contributed by atoms with Crippen LogP contribution in [-0.2, 0) is 0 Å². The van der Waals surface area contributed by atoms with Crippen molar-refractivity contribution >= 4 is 5.91 Å². The molecule has 0 bridgehead atoms. The van der Waals surface area contributed by atoms with Gasteiger partial charge in [0, 0.05) is 11.8 Å². The molecule has 0 aliphatic heterocycles. The van der Waals surface area contributed by atoms with E-state index in [2.05, 4.69) is 15.5 Å². The van der Waals surface area contributed by atoms with Crippen molar-refractivity contribution in [2.75, 3.05) is 0 Å². The van der Waals surface area contributed by atoms with Gasteiger partial charge < -0.3 is 9.73 Å². The lowest BCUT2D eigenvalue weighted by Crippen LogP contribution is -2.26. The van der Waals surface area contributed by atoms with Gasteiger partial charge in [0.05, 0.1) is 17.8 Å². The third-order valence-electron chi connectivity index (χ3n) is 2.65. The molecule has 5 heteroatoms. The van der Waals surface area contributed by atoms with Crippen LogP contribution in [0.2, 0.25) is 0 Å². The number of carbonyl (C=O) groups excluding carboxylic acids is 1. The van der Waals surface area contributed by atoms with Gasteiger partial charge in [-0.15, -0.1) is 0 Å². The van der Waals surface area contributed by atoms with E-state index in [1.54, 1.807) is 25.4 Å². The molecule has 2 aromatic rings. The molecule has 2 heterocycles. The van der Waals surface area contributed by atoms with Gasteiger partial charge >= 0.3 is 0 Å². The van der Waals surface area contributed by atoms with Gasteiger partial charge in [-0.2, -0.15) is 5.10 Å². The molecule has 0 saturated heterocycles.